The summed E-state index contributed by atoms with van der Waals surface area (Å²) in [5.41, 5.74) is 0.399. The fourth-order valence-electron chi connectivity index (χ4n) is 1.63. The maximum atomic E-state index is 11.8. The van der Waals surface area contributed by atoms with Crippen molar-refractivity contribution >= 4 is 33.7 Å². The lowest BCUT2D eigenvalue weighted by Crippen LogP contribution is -2.46. The van der Waals surface area contributed by atoms with Crippen LogP contribution in [0.25, 0.3) is 0 Å². The number of carboxylic acid groups (broad SMARTS) is 1. The van der Waals surface area contributed by atoms with Crippen LogP contribution in [-0.4, -0.2) is 49.2 Å². The lowest BCUT2D eigenvalue weighted by Gasteiger charge is -2.14. The quantitative estimate of drug-likeness (QED) is 0.625. The van der Waals surface area contributed by atoms with Gasteiger partial charge >= 0.3 is 5.97 Å². The van der Waals surface area contributed by atoms with E-state index in [1.807, 2.05) is 0 Å². The van der Waals surface area contributed by atoms with E-state index < -0.39 is 23.8 Å². The molecule has 120 valence electrons. The molecule has 1 aromatic carbocycles. The van der Waals surface area contributed by atoms with E-state index in [-0.39, 0.29) is 19.6 Å². The largest absolute Gasteiger partial charge is 0.480 e. The maximum absolute atomic E-state index is 11.8. The summed E-state index contributed by atoms with van der Waals surface area (Å²) in [6, 6.07) is 5.65. The summed E-state index contributed by atoms with van der Waals surface area (Å²) < 4.78 is 5.53. The van der Waals surface area contributed by atoms with Crippen LogP contribution in [0, 0.1) is 0 Å². The van der Waals surface area contributed by atoms with Gasteiger partial charge in [0.25, 0.3) is 5.91 Å². The standard InChI is InChI=1S/C14H17BrN2O5/c1-22-6-5-11(14(20)21)17-12(18)8-16-13(19)9-3-2-4-10(15)7-9/h2-4,7,11H,5-6,8H2,1H3,(H,16,19)(H,17,18)(H,20,21). The van der Waals surface area contributed by atoms with E-state index in [1.54, 1.807) is 24.3 Å². The van der Waals surface area contributed by atoms with E-state index in [0.717, 1.165) is 4.47 Å². The summed E-state index contributed by atoms with van der Waals surface area (Å²) in [5, 5.41) is 13.7. The highest BCUT2D eigenvalue weighted by Gasteiger charge is 2.19. The van der Waals surface area contributed by atoms with Crippen LogP contribution in [-0.2, 0) is 14.3 Å². The number of carbonyl (C=O) groups is 3. The maximum Gasteiger partial charge on any atom is 0.326 e. The van der Waals surface area contributed by atoms with Crippen LogP contribution in [0.3, 0.4) is 0 Å². The van der Waals surface area contributed by atoms with Gasteiger partial charge in [-0.2, -0.15) is 0 Å². The molecular formula is C14H17BrN2O5. The molecule has 0 aliphatic rings. The molecule has 0 bridgehead atoms. The second kappa shape index (κ2) is 9.16. The summed E-state index contributed by atoms with van der Waals surface area (Å²) in [6.07, 6.45) is 0.150. The summed E-state index contributed by atoms with van der Waals surface area (Å²) >= 11 is 3.25. The molecule has 0 aliphatic carbocycles. The van der Waals surface area contributed by atoms with Gasteiger partial charge in [0, 0.05) is 30.2 Å². The molecule has 7 nitrogen and oxygen atoms in total. The third-order valence-electron chi connectivity index (χ3n) is 2.74. The number of halogens is 1. The minimum Gasteiger partial charge on any atom is -0.480 e. The summed E-state index contributed by atoms with van der Waals surface area (Å²) in [5.74, 6) is -2.14. The number of hydrogen-bond acceptors (Lipinski definition) is 4. The summed E-state index contributed by atoms with van der Waals surface area (Å²) in [7, 11) is 1.44. The minimum atomic E-state index is -1.15. The highest BCUT2D eigenvalue weighted by molar-refractivity contribution is 9.10. The number of nitrogens with one attached hydrogen (secondary N) is 2. The van der Waals surface area contributed by atoms with Gasteiger partial charge in [-0.1, -0.05) is 22.0 Å². The molecule has 0 aromatic heterocycles. The second-order valence-electron chi connectivity index (χ2n) is 4.43. The van der Waals surface area contributed by atoms with Gasteiger partial charge in [0.2, 0.25) is 5.91 Å². The zero-order chi connectivity index (χ0) is 16.5. The average Bonchev–Trinajstić information content (AvgIpc) is 2.48. The number of ether oxygens (including phenoxy) is 1. The normalized spacial score (nSPS) is 11.5. The van der Waals surface area contributed by atoms with Crippen LogP contribution in [0.1, 0.15) is 16.8 Å². The van der Waals surface area contributed by atoms with Crippen LogP contribution in [0.2, 0.25) is 0 Å². The number of amides is 2. The summed E-state index contributed by atoms with van der Waals surface area (Å²) in [6.45, 7) is -0.0935. The molecule has 0 radical (unpaired) electrons. The highest BCUT2D eigenvalue weighted by Crippen LogP contribution is 2.11. The monoisotopic (exact) mass is 372 g/mol. The van der Waals surface area contributed by atoms with Crippen molar-refractivity contribution in [2.24, 2.45) is 0 Å². The lowest BCUT2D eigenvalue weighted by atomic mass is 10.2. The highest BCUT2D eigenvalue weighted by atomic mass is 79.9. The first-order chi connectivity index (χ1) is 10.4. The first kappa shape index (κ1) is 18.1. The topological polar surface area (TPSA) is 105 Å². The fourth-order valence-corrected chi connectivity index (χ4v) is 2.03. The average molecular weight is 373 g/mol. The molecule has 3 N–H and O–H groups in total. The number of rotatable bonds is 8. The molecular weight excluding hydrogens is 356 g/mol. The Kier molecular flexibility index (Phi) is 7.55. The number of carboxylic acids is 1. The molecule has 2 amide bonds. The van der Waals surface area contributed by atoms with Crippen LogP contribution >= 0.6 is 15.9 Å². The van der Waals surface area contributed by atoms with Crippen LogP contribution in [0.15, 0.2) is 28.7 Å². The Balaban J connectivity index is 2.47. The van der Waals surface area contributed by atoms with Crippen molar-refractivity contribution in [3.63, 3.8) is 0 Å². The Morgan fingerprint density at radius 1 is 1.36 bits per heavy atom. The van der Waals surface area contributed by atoms with Crippen molar-refractivity contribution in [1.29, 1.82) is 0 Å². The van der Waals surface area contributed by atoms with E-state index in [4.69, 9.17) is 9.84 Å². The van der Waals surface area contributed by atoms with Gasteiger partial charge in [-0.3, -0.25) is 9.59 Å². The predicted octanol–water partition coefficient (Wildman–Crippen LogP) is 0.785. The predicted molar refractivity (Wildman–Crippen MR) is 82.5 cm³/mol. The Morgan fingerprint density at radius 2 is 2.09 bits per heavy atom. The molecule has 0 heterocycles. The van der Waals surface area contributed by atoms with Gasteiger partial charge in [0.05, 0.1) is 6.54 Å². The fraction of sp³-hybridized carbons (Fsp3) is 0.357. The molecule has 1 atom stereocenters. The number of aliphatic carboxylic acids is 1. The third kappa shape index (κ3) is 6.23. The van der Waals surface area contributed by atoms with Crippen molar-refractivity contribution in [3.8, 4) is 0 Å². The minimum absolute atomic E-state index is 0.150. The smallest absolute Gasteiger partial charge is 0.326 e. The molecule has 22 heavy (non-hydrogen) atoms. The number of hydrogen-bond donors (Lipinski definition) is 3. The van der Waals surface area contributed by atoms with Gasteiger partial charge in [-0.05, 0) is 18.2 Å². The molecule has 1 unspecified atom stereocenters. The van der Waals surface area contributed by atoms with Crippen molar-refractivity contribution in [3.05, 3.63) is 34.3 Å². The molecule has 0 spiro atoms. The van der Waals surface area contributed by atoms with Crippen LogP contribution in [0.4, 0.5) is 0 Å². The Bertz CT molecular complexity index is 550. The van der Waals surface area contributed by atoms with Crippen LogP contribution < -0.4 is 10.6 Å². The first-order valence-corrected chi connectivity index (χ1v) is 7.28. The van der Waals surface area contributed by atoms with Gasteiger partial charge in [-0.15, -0.1) is 0 Å². The van der Waals surface area contributed by atoms with E-state index in [1.165, 1.54) is 7.11 Å². The number of carbonyl (C=O) groups excluding carboxylic acids is 2. The Labute approximate surface area is 136 Å². The molecule has 1 aromatic rings. The lowest BCUT2D eigenvalue weighted by molar-refractivity contribution is -0.142. The molecule has 0 saturated carbocycles. The van der Waals surface area contributed by atoms with Crippen molar-refractivity contribution in [2.75, 3.05) is 20.3 Å². The van der Waals surface area contributed by atoms with Gasteiger partial charge < -0.3 is 20.5 Å². The third-order valence-corrected chi connectivity index (χ3v) is 3.23. The molecule has 1 rings (SSSR count). The zero-order valence-corrected chi connectivity index (χ0v) is 13.6. The zero-order valence-electron chi connectivity index (χ0n) is 12.0. The number of methoxy groups -OCH3 is 1. The molecule has 0 aliphatic heterocycles. The molecule has 0 saturated heterocycles. The number of benzene rings is 1. The van der Waals surface area contributed by atoms with Gasteiger partial charge in [-0.25, -0.2) is 4.79 Å². The van der Waals surface area contributed by atoms with E-state index in [2.05, 4.69) is 26.6 Å². The van der Waals surface area contributed by atoms with E-state index >= 15 is 0 Å². The molecule has 8 heteroatoms. The second-order valence-corrected chi connectivity index (χ2v) is 5.35. The van der Waals surface area contributed by atoms with E-state index in [9.17, 15) is 14.4 Å². The molecule has 0 fully saturated rings. The SMILES string of the molecule is COCCC(NC(=O)CNC(=O)c1cccc(Br)c1)C(=O)O. The van der Waals surface area contributed by atoms with Crippen molar-refractivity contribution < 1.29 is 24.2 Å². The van der Waals surface area contributed by atoms with E-state index in [0.29, 0.717) is 5.56 Å². The Morgan fingerprint density at radius 3 is 2.68 bits per heavy atom. The van der Waals surface area contributed by atoms with Crippen molar-refractivity contribution in [1.82, 2.24) is 10.6 Å². The Hall–Kier alpha value is -1.93. The first-order valence-electron chi connectivity index (χ1n) is 6.49. The summed E-state index contributed by atoms with van der Waals surface area (Å²) in [4.78, 5) is 34.5. The van der Waals surface area contributed by atoms with Gasteiger partial charge in [0.1, 0.15) is 6.04 Å². The van der Waals surface area contributed by atoms with Gasteiger partial charge in [0.15, 0.2) is 0 Å². The van der Waals surface area contributed by atoms with Crippen molar-refractivity contribution in [2.45, 2.75) is 12.5 Å². The van der Waals surface area contributed by atoms with Crippen LogP contribution in [0.5, 0.6) is 0 Å².